The molecule has 0 saturated heterocycles. The number of rotatable bonds is 0. The third-order valence-electron chi connectivity index (χ3n) is 1.70. The standard InChI is InChI=1S/C9H4INOS/c10-8-3-6-1-5(4-11)2-7(12)9(6)13-8/h1-3,12H. The monoisotopic (exact) mass is 301 g/mol. The van der Waals surface area contributed by atoms with E-state index in [2.05, 4.69) is 22.6 Å². The number of phenolic OH excluding ortho intramolecular Hbond substituents is 1. The Labute approximate surface area is 92.6 Å². The van der Waals surface area contributed by atoms with Gasteiger partial charge in [0.1, 0.15) is 5.75 Å². The number of benzene rings is 1. The Balaban J connectivity index is 2.85. The normalized spacial score (nSPS) is 10.2. The van der Waals surface area contributed by atoms with E-state index < -0.39 is 0 Å². The number of halogens is 1. The number of hydrogen-bond acceptors (Lipinski definition) is 3. The lowest BCUT2D eigenvalue weighted by molar-refractivity contribution is 0.482. The molecule has 0 aliphatic rings. The molecule has 4 heteroatoms. The zero-order valence-corrected chi connectivity index (χ0v) is 9.39. The van der Waals surface area contributed by atoms with Crippen LogP contribution in [0.2, 0.25) is 0 Å². The summed E-state index contributed by atoms with van der Waals surface area (Å²) in [5.74, 6) is 0.196. The van der Waals surface area contributed by atoms with Crippen molar-refractivity contribution < 1.29 is 5.11 Å². The number of nitrogens with zero attached hydrogens (tertiary/aromatic N) is 1. The highest BCUT2D eigenvalue weighted by molar-refractivity contribution is 14.1. The molecule has 13 heavy (non-hydrogen) atoms. The van der Waals surface area contributed by atoms with Gasteiger partial charge in [0.25, 0.3) is 0 Å². The second-order valence-electron chi connectivity index (χ2n) is 2.58. The van der Waals surface area contributed by atoms with Crippen LogP contribution in [0, 0.1) is 14.2 Å². The second-order valence-corrected chi connectivity index (χ2v) is 5.52. The first-order chi connectivity index (χ1) is 6.20. The predicted molar refractivity (Wildman–Crippen MR) is 60.9 cm³/mol. The van der Waals surface area contributed by atoms with Crippen molar-refractivity contribution in [1.82, 2.24) is 0 Å². The van der Waals surface area contributed by atoms with Crippen molar-refractivity contribution in [1.29, 1.82) is 5.26 Å². The highest BCUT2D eigenvalue weighted by Gasteiger charge is 2.06. The van der Waals surface area contributed by atoms with Crippen LogP contribution < -0.4 is 0 Å². The van der Waals surface area contributed by atoms with E-state index in [0.717, 1.165) is 13.0 Å². The van der Waals surface area contributed by atoms with Crippen LogP contribution in [0.5, 0.6) is 5.75 Å². The molecule has 0 saturated carbocycles. The molecular weight excluding hydrogens is 297 g/mol. The quantitative estimate of drug-likeness (QED) is 0.760. The molecule has 0 amide bonds. The average Bonchev–Trinajstić information content (AvgIpc) is 2.46. The van der Waals surface area contributed by atoms with E-state index in [9.17, 15) is 5.11 Å². The summed E-state index contributed by atoms with van der Waals surface area (Å²) in [6.07, 6.45) is 0. The maximum Gasteiger partial charge on any atom is 0.134 e. The van der Waals surface area contributed by atoms with Gasteiger partial charge in [-0.2, -0.15) is 5.26 Å². The zero-order chi connectivity index (χ0) is 9.42. The van der Waals surface area contributed by atoms with E-state index in [1.807, 2.05) is 12.1 Å². The van der Waals surface area contributed by atoms with Crippen molar-refractivity contribution in [2.24, 2.45) is 0 Å². The molecule has 0 atom stereocenters. The summed E-state index contributed by atoms with van der Waals surface area (Å²) < 4.78 is 1.96. The van der Waals surface area contributed by atoms with Crippen molar-refractivity contribution >= 4 is 44.0 Å². The predicted octanol–water partition coefficient (Wildman–Crippen LogP) is 3.08. The van der Waals surface area contributed by atoms with Gasteiger partial charge in [-0.05, 0) is 46.2 Å². The van der Waals surface area contributed by atoms with Gasteiger partial charge in [-0.25, -0.2) is 0 Å². The molecule has 0 radical (unpaired) electrons. The molecule has 1 N–H and O–H groups in total. The summed E-state index contributed by atoms with van der Waals surface area (Å²) in [5.41, 5.74) is 0.499. The molecule has 0 unspecified atom stereocenters. The number of aromatic hydroxyl groups is 1. The lowest BCUT2D eigenvalue weighted by atomic mass is 10.2. The zero-order valence-electron chi connectivity index (χ0n) is 6.41. The molecule has 0 bridgehead atoms. The summed E-state index contributed by atoms with van der Waals surface area (Å²) in [5, 5.41) is 19.2. The minimum absolute atomic E-state index is 0.196. The number of thiophene rings is 1. The van der Waals surface area contributed by atoms with Crippen LogP contribution in [0.4, 0.5) is 0 Å². The maximum absolute atomic E-state index is 9.55. The summed E-state index contributed by atoms with van der Waals surface area (Å²) in [4.78, 5) is 0. The molecular formula is C9H4INOS. The fraction of sp³-hybridized carbons (Fsp3) is 0. The molecule has 2 aromatic rings. The van der Waals surface area contributed by atoms with Crippen LogP contribution in [-0.4, -0.2) is 5.11 Å². The number of nitriles is 1. The van der Waals surface area contributed by atoms with Gasteiger partial charge in [0.2, 0.25) is 0 Å². The molecule has 1 aromatic carbocycles. The second kappa shape index (κ2) is 3.16. The van der Waals surface area contributed by atoms with Gasteiger partial charge in [0, 0.05) is 0 Å². The van der Waals surface area contributed by atoms with E-state index >= 15 is 0 Å². The molecule has 0 aliphatic carbocycles. The maximum atomic E-state index is 9.55. The van der Waals surface area contributed by atoms with E-state index in [1.54, 1.807) is 6.07 Å². The van der Waals surface area contributed by atoms with Crippen LogP contribution in [0.15, 0.2) is 18.2 Å². The molecule has 0 spiro atoms. The minimum atomic E-state index is 0.196. The number of hydrogen-bond donors (Lipinski definition) is 1. The van der Waals surface area contributed by atoms with Gasteiger partial charge in [-0.3, -0.25) is 0 Å². The first-order valence-electron chi connectivity index (χ1n) is 3.53. The highest BCUT2D eigenvalue weighted by atomic mass is 127. The summed E-state index contributed by atoms with van der Waals surface area (Å²) in [6, 6.07) is 7.25. The average molecular weight is 301 g/mol. The van der Waals surface area contributed by atoms with Gasteiger partial charge in [-0.15, -0.1) is 11.3 Å². The Kier molecular flexibility index (Phi) is 2.14. The lowest BCUT2D eigenvalue weighted by Crippen LogP contribution is -1.73. The molecule has 0 fully saturated rings. The van der Waals surface area contributed by atoms with Crippen molar-refractivity contribution in [2.45, 2.75) is 0 Å². The van der Waals surface area contributed by atoms with Gasteiger partial charge < -0.3 is 5.11 Å². The fourth-order valence-corrected chi connectivity index (χ4v) is 2.94. The third-order valence-corrected chi connectivity index (χ3v) is 3.63. The third kappa shape index (κ3) is 1.49. The van der Waals surface area contributed by atoms with Crippen molar-refractivity contribution in [3.8, 4) is 11.8 Å². The van der Waals surface area contributed by atoms with E-state index in [1.165, 1.54) is 17.4 Å². The summed E-state index contributed by atoms with van der Waals surface area (Å²) in [7, 11) is 0. The van der Waals surface area contributed by atoms with Crippen molar-refractivity contribution in [2.75, 3.05) is 0 Å². The van der Waals surface area contributed by atoms with E-state index in [0.29, 0.717) is 5.56 Å². The Morgan fingerprint density at radius 2 is 2.15 bits per heavy atom. The summed E-state index contributed by atoms with van der Waals surface area (Å²) in [6.45, 7) is 0. The Morgan fingerprint density at radius 1 is 1.38 bits per heavy atom. The van der Waals surface area contributed by atoms with E-state index in [-0.39, 0.29) is 5.75 Å². The molecule has 1 heterocycles. The smallest absolute Gasteiger partial charge is 0.134 e. The van der Waals surface area contributed by atoms with Gasteiger partial charge in [-0.1, -0.05) is 0 Å². The largest absolute Gasteiger partial charge is 0.506 e. The molecule has 0 aliphatic heterocycles. The highest BCUT2D eigenvalue weighted by Crippen LogP contribution is 2.34. The Hall–Kier alpha value is -0.800. The molecule has 2 rings (SSSR count). The van der Waals surface area contributed by atoms with Crippen molar-refractivity contribution in [3.05, 3.63) is 26.6 Å². The Bertz CT molecular complexity index is 512. The molecule has 64 valence electrons. The van der Waals surface area contributed by atoms with Crippen molar-refractivity contribution in [3.63, 3.8) is 0 Å². The first-order valence-corrected chi connectivity index (χ1v) is 5.42. The summed E-state index contributed by atoms with van der Waals surface area (Å²) >= 11 is 3.72. The fourth-order valence-electron chi connectivity index (χ4n) is 1.17. The minimum Gasteiger partial charge on any atom is -0.506 e. The number of phenols is 1. The van der Waals surface area contributed by atoms with Crippen LogP contribution in [-0.2, 0) is 0 Å². The molecule has 1 aromatic heterocycles. The van der Waals surface area contributed by atoms with Crippen LogP contribution in [0.1, 0.15) is 5.56 Å². The van der Waals surface area contributed by atoms with Gasteiger partial charge >= 0.3 is 0 Å². The van der Waals surface area contributed by atoms with Crippen LogP contribution >= 0.6 is 33.9 Å². The van der Waals surface area contributed by atoms with Gasteiger partial charge in [0.15, 0.2) is 0 Å². The SMILES string of the molecule is N#Cc1cc(O)c2sc(I)cc2c1. The molecule has 2 nitrogen and oxygen atoms in total. The lowest BCUT2D eigenvalue weighted by Gasteiger charge is -1.94. The van der Waals surface area contributed by atoms with Crippen LogP contribution in [0.3, 0.4) is 0 Å². The van der Waals surface area contributed by atoms with Gasteiger partial charge in [0.05, 0.1) is 19.2 Å². The topological polar surface area (TPSA) is 44.0 Å². The number of fused-ring (bicyclic) bond motifs is 1. The van der Waals surface area contributed by atoms with E-state index in [4.69, 9.17) is 5.26 Å². The Morgan fingerprint density at radius 3 is 2.85 bits per heavy atom. The first kappa shape index (κ1) is 8.78. The van der Waals surface area contributed by atoms with Crippen LogP contribution in [0.25, 0.3) is 10.1 Å².